The second-order valence-electron chi connectivity index (χ2n) is 7.40. The maximum Gasteiger partial charge on any atom is 0.228 e. The molecule has 0 aliphatic carbocycles. The van der Waals surface area contributed by atoms with Crippen molar-refractivity contribution in [1.82, 2.24) is 9.88 Å². The van der Waals surface area contributed by atoms with E-state index in [1.54, 1.807) is 12.1 Å². The van der Waals surface area contributed by atoms with Crippen LogP contribution < -0.4 is 9.64 Å². The molecular weight excluding hydrogens is 398 g/mol. The van der Waals surface area contributed by atoms with E-state index in [0.717, 1.165) is 35.2 Å². The summed E-state index contributed by atoms with van der Waals surface area (Å²) < 4.78 is 5.77. The van der Waals surface area contributed by atoms with Crippen molar-refractivity contribution in [2.45, 2.75) is 20.0 Å². The number of nitrogens with zero attached hydrogens (tertiary/aromatic N) is 3. The molecule has 0 spiro atoms. The summed E-state index contributed by atoms with van der Waals surface area (Å²) in [5.41, 5.74) is 3.06. The average molecular weight is 424 g/mol. The van der Waals surface area contributed by atoms with Crippen molar-refractivity contribution >= 4 is 22.9 Å². The van der Waals surface area contributed by atoms with Gasteiger partial charge in [0, 0.05) is 37.2 Å². The average Bonchev–Trinajstić information content (AvgIpc) is 3.21. The summed E-state index contributed by atoms with van der Waals surface area (Å²) in [6, 6.07) is 15.1. The van der Waals surface area contributed by atoms with Crippen LogP contribution in [0.25, 0.3) is 0 Å². The second-order valence-corrected chi connectivity index (χ2v) is 8.34. The van der Waals surface area contributed by atoms with Gasteiger partial charge in [-0.05, 0) is 43.3 Å². The quantitative estimate of drug-likeness (QED) is 0.656. The number of rotatable bonds is 6. The van der Waals surface area contributed by atoms with E-state index in [-0.39, 0.29) is 11.7 Å². The first-order valence-electron chi connectivity index (χ1n) is 10.0. The number of aromatic hydroxyl groups is 1. The van der Waals surface area contributed by atoms with Gasteiger partial charge in [-0.1, -0.05) is 17.7 Å². The highest BCUT2D eigenvalue weighted by atomic mass is 32.1. The molecule has 0 radical (unpaired) electrons. The monoisotopic (exact) mass is 423 g/mol. The lowest BCUT2D eigenvalue weighted by Gasteiger charge is -2.36. The predicted molar refractivity (Wildman–Crippen MR) is 118 cm³/mol. The van der Waals surface area contributed by atoms with Crippen molar-refractivity contribution in [3.8, 4) is 11.5 Å². The standard InChI is InChI=1S/C23H25N3O3S/c1-17-2-8-21(9-3-17)29-15-22-24-18(16-30-22)14-23(28)26-12-10-25(11-13-26)19-4-6-20(27)7-5-19/h2-9,16,27H,10-15H2,1H3. The third-order valence-electron chi connectivity index (χ3n) is 5.16. The van der Waals surface area contributed by atoms with Gasteiger partial charge in [-0.3, -0.25) is 4.79 Å². The summed E-state index contributed by atoms with van der Waals surface area (Å²) in [6.07, 6.45) is 0.320. The lowest BCUT2D eigenvalue weighted by atomic mass is 10.2. The number of carbonyl (C=O) groups excluding carboxylic acids is 1. The van der Waals surface area contributed by atoms with Gasteiger partial charge in [0.2, 0.25) is 5.91 Å². The summed E-state index contributed by atoms with van der Waals surface area (Å²) in [7, 11) is 0. The minimum Gasteiger partial charge on any atom is -0.508 e. The van der Waals surface area contributed by atoms with E-state index in [9.17, 15) is 9.90 Å². The van der Waals surface area contributed by atoms with Gasteiger partial charge in [0.25, 0.3) is 0 Å². The van der Waals surface area contributed by atoms with Gasteiger partial charge in [0.1, 0.15) is 23.1 Å². The number of aryl methyl sites for hydroxylation is 1. The Bertz CT molecular complexity index is 978. The highest BCUT2D eigenvalue weighted by Crippen LogP contribution is 2.21. The van der Waals surface area contributed by atoms with Crippen molar-refractivity contribution < 1.29 is 14.6 Å². The van der Waals surface area contributed by atoms with Crippen LogP contribution in [0.2, 0.25) is 0 Å². The van der Waals surface area contributed by atoms with Gasteiger partial charge in [-0.25, -0.2) is 4.98 Å². The number of ether oxygens (including phenoxy) is 1. The Balaban J connectivity index is 1.25. The van der Waals surface area contributed by atoms with Gasteiger partial charge in [-0.15, -0.1) is 11.3 Å². The molecule has 1 aliphatic rings. The molecule has 0 bridgehead atoms. The molecule has 1 aliphatic heterocycles. The molecule has 1 N–H and O–H groups in total. The number of hydrogen-bond acceptors (Lipinski definition) is 6. The highest BCUT2D eigenvalue weighted by molar-refractivity contribution is 7.09. The number of hydrogen-bond donors (Lipinski definition) is 1. The maximum atomic E-state index is 12.7. The van der Waals surface area contributed by atoms with Crippen LogP contribution in [-0.2, 0) is 17.8 Å². The molecule has 1 amide bonds. The number of phenols is 1. The summed E-state index contributed by atoms with van der Waals surface area (Å²) in [6.45, 7) is 5.39. The Morgan fingerprint density at radius 1 is 1.07 bits per heavy atom. The van der Waals surface area contributed by atoms with E-state index < -0.39 is 0 Å². The number of phenolic OH excluding ortho intramolecular Hbond substituents is 1. The van der Waals surface area contributed by atoms with E-state index in [1.807, 2.05) is 53.6 Å². The number of benzene rings is 2. The highest BCUT2D eigenvalue weighted by Gasteiger charge is 2.22. The topological polar surface area (TPSA) is 65.9 Å². The van der Waals surface area contributed by atoms with Gasteiger partial charge in [0.05, 0.1) is 12.1 Å². The SMILES string of the molecule is Cc1ccc(OCc2nc(CC(=O)N3CCN(c4ccc(O)cc4)CC3)cs2)cc1. The van der Waals surface area contributed by atoms with Crippen LogP contribution in [0.1, 0.15) is 16.3 Å². The van der Waals surface area contributed by atoms with E-state index in [4.69, 9.17) is 4.74 Å². The molecule has 2 aromatic carbocycles. The zero-order valence-corrected chi connectivity index (χ0v) is 17.8. The normalized spacial score (nSPS) is 14.0. The molecule has 6 nitrogen and oxygen atoms in total. The lowest BCUT2D eigenvalue weighted by molar-refractivity contribution is -0.130. The Morgan fingerprint density at radius 2 is 1.77 bits per heavy atom. The van der Waals surface area contributed by atoms with Crippen LogP contribution in [0.4, 0.5) is 5.69 Å². The third kappa shape index (κ3) is 5.10. The van der Waals surface area contributed by atoms with Crippen LogP contribution in [0.3, 0.4) is 0 Å². The third-order valence-corrected chi connectivity index (χ3v) is 6.03. The Morgan fingerprint density at radius 3 is 2.47 bits per heavy atom. The molecular formula is C23H25N3O3S. The van der Waals surface area contributed by atoms with Crippen LogP contribution in [0.15, 0.2) is 53.9 Å². The molecule has 1 fully saturated rings. The summed E-state index contributed by atoms with van der Waals surface area (Å²) >= 11 is 1.52. The molecule has 3 aromatic rings. The van der Waals surface area contributed by atoms with E-state index >= 15 is 0 Å². The molecule has 1 saturated heterocycles. The molecule has 30 heavy (non-hydrogen) atoms. The largest absolute Gasteiger partial charge is 0.508 e. The number of aromatic nitrogens is 1. The van der Waals surface area contributed by atoms with Crippen molar-refractivity contribution in [1.29, 1.82) is 0 Å². The van der Waals surface area contributed by atoms with E-state index in [0.29, 0.717) is 26.1 Å². The van der Waals surface area contributed by atoms with Crippen LogP contribution >= 0.6 is 11.3 Å². The molecule has 0 unspecified atom stereocenters. The molecule has 0 saturated carbocycles. The zero-order valence-electron chi connectivity index (χ0n) is 17.0. The number of thiazole rings is 1. The smallest absolute Gasteiger partial charge is 0.228 e. The summed E-state index contributed by atoms with van der Waals surface area (Å²) in [5.74, 6) is 1.19. The zero-order chi connectivity index (χ0) is 20.9. The first kappa shape index (κ1) is 20.2. The molecule has 7 heteroatoms. The molecule has 156 valence electrons. The number of carbonyl (C=O) groups is 1. The van der Waals surface area contributed by atoms with Crippen molar-refractivity contribution in [3.63, 3.8) is 0 Å². The Labute approximate surface area is 180 Å². The minimum atomic E-state index is 0.108. The van der Waals surface area contributed by atoms with Crippen molar-refractivity contribution in [3.05, 3.63) is 70.2 Å². The van der Waals surface area contributed by atoms with Crippen LogP contribution in [-0.4, -0.2) is 47.1 Å². The van der Waals surface area contributed by atoms with Crippen molar-refractivity contribution in [2.24, 2.45) is 0 Å². The van der Waals surface area contributed by atoms with Gasteiger partial charge in [-0.2, -0.15) is 0 Å². The van der Waals surface area contributed by atoms with Crippen LogP contribution in [0, 0.1) is 6.92 Å². The fourth-order valence-electron chi connectivity index (χ4n) is 3.42. The van der Waals surface area contributed by atoms with Gasteiger partial charge in [0.15, 0.2) is 0 Å². The molecule has 0 atom stereocenters. The molecule has 1 aromatic heterocycles. The predicted octanol–water partition coefficient (Wildman–Crippen LogP) is 3.63. The Kier molecular flexibility index (Phi) is 6.18. The first-order chi connectivity index (χ1) is 14.6. The maximum absolute atomic E-state index is 12.7. The molecule has 4 rings (SSSR count). The van der Waals surface area contributed by atoms with Crippen molar-refractivity contribution in [2.75, 3.05) is 31.1 Å². The Hall–Kier alpha value is -3.06. The number of amides is 1. The second kappa shape index (κ2) is 9.17. The van der Waals surface area contributed by atoms with E-state index in [1.165, 1.54) is 16.9 Å². The minimum absolute atomic E-state index is 0.108. The number of anilines is 1. The van der Waals surface area contributed by atoms with E-state index in [2.05, 4.69) is 9.88 Å². The fraction of sp³-hybridized carbons (Fsp3) is 0.304. The lowest BCUT2D eigenvalue weighted by Crippen LogP contribution is -2.49. The van der Waals surface area contributed by atoms with Gasteiger partial charge < -0.3 is 19.6 Å². The fourth-order valence-corrected chi connectivity index (χ4v) is 4.13. The van der Waals surface area contributed by atoms with Gasteiger partial charge >= 0.3 is 0 Å². The van der Waals surface area contributed by atoms with Crippen LogP contribution in [0.5, 0.6) is 11.5 Å². The summed E-state index contributed by atoms with van der Waals surface area (Å²) in [5, 5.41) is 12.2. The summed E-state index contributed by atoms with van der Waals surface area (Å²) in [4.78, 5) is 21.4. The number of piperazine rings is 1. The molecule has 2 heterocycles. The first-order valence-corrected chi connectivity index (χ1v) is 10.9.